The van der Waals surface area contributed by atoms with Crippen molar-refractivity contribution in [3.05, 3.63) is 29.6 Å². The number of ether oxygens (including phenoxy) is 1. The number of hydrogen-bond acceptors (Lipinski definition) is 5. The largest absolute Gasteiger partial charge is 0.387 e. The van der Waals surface area contributed by atoms with Crippen LogP contribution in [0.25, 0.3) is 0 Å². The van der Waals surface area contributed by atoms with Crippen LogP contribution in [0.3, 0.4) is 0 Å². The fourth-order valence-electron chi connectivity index (χ4n) is 2.86. The highest BCUT2D eigenvalue weighted by atomic mass is 16.6. The Morgan fingerprint density at radius 1 is 1.47 bits per heavy atom. The Hall–Kier alpha value is -1.75. The van der Waals surface area contributed by atoms with Crippen LogP contribution in [0.15, 0.2) is 18.3 Å². The molecule has 0 spiro atoms. The summed E-state index contributed by atoms with van der Waals surface area (Å²) in [4.78, 5) is 27.9. The zero-order valence-corrected chi connectivity index (χ0v) is 10.8. The number of nitrogens with zero attached hydrogens (tertiary/aromatic N) is 1. The fraction of sp³-hybridized carbons (Fsp3) is 0.500. The Morgan fingerprint density at radius 2 is 2.26 bits per heavy atom. The smallest absolute Gasteiger partial charge is 0.364 e. The molecular weight excluding hydrogens is 244 g/mol. The van der Waals surface area contributed by atoms with Gasteiger partial charge in [-0.25, -0.2) is 14.6 Å². The first-order valence-corrected chi connectivity index (χ1v) is 6.56. The summed E-state index contributed by atoms with van der Waals surface area (Å²) in [5, 5.41) is 3.21. The quantitative estimate of drug-likeness (QED) is 0.642. The summed E-state index contributed by atoms with van der Waals surface area (Å²) < 4.78 is 4.95. The predicted molar refractivity (Wildman–Crippen MR) is 67.5 cm³/mol. The average Bonchev–Trinajstić information content (AvgIpc) is 2.39. The number of nitrogens with one attached hydrogen (secondary N) is 1. The minimum absolute atomic E-state index is 0.169. The van der Waals surface area contributed by atoms with Gasteiger partial charge in [0.1, 0.15) is 11.2 Å². The van der Waals surface area contributed by atoms with Crippen LogP contribution in [0.1, 0.15) is 41.7 Å². The van der Waals surface area contributed by atoms with Gasteiger partial charge in [0.2, 0.25) is 0 Å². The van der Waals surface area contributed by atoms with Crippen LogP contribution >= 0.6 is 0 Å². The molecule has 2 atom stereocenters. The van der Waals surface area contributed by atoms with Gasteiger partial charge < -0.3 is 4.74 Å². The van der Waals surface area contributed by atoms with Gasteiger partial charge in [-0.3, -0.25) is 5.32 Å². The van der Waals surface area contributed by atoms with E-state index in [9.17, 15) is 9.59 Å². The lowest BCUT2D eigenvalue weighted by Crippen LogP contribution is -2.70. The predicted octanol–water partition coefficient (Wildman–Crippen LogP) is 1.36. The molecule has 0 amide bonds. The Morgan fingerprint density at radius 3 is 2.84 bits per heavy atom. The maximum absolute atomic E-state index is 12.1. The number of rotatable bonds is 2. The standard InChI is InChI=1S/C14H16N2O3/c1-9-4-5-11(15-8-9)12(17)19-13(18)14-6-2-3-10(7-14)16-14/h4-5,8,10,16H,2-3,6-7H2,1H3. The normalized spacial score (nSPS) is 28.4. The van der Waals surface area contributed by atoms with Crippen molar-refractivity contribution in [2.75, 3.05) is 0 Å². The van der Waals surface area contributed by atoms with E-state index in [1.165, 1.54) is 0 Å². The van der Waals surface area contributed by atoms with E-state index < -0.39 is 17.5 Å². The van der Waals surface area contributed by atoms with Crippen LogP contribution in [0.4, 0.5) is 0 Å². The van der Waals surface area contributed by atoms with Crippen molar-refractivity contribution < 1.29 is 14.3 Å². The number of aromatic nitrogens is 1. The van der Waals surface area contributed by atoms with Crippen molar-refractivity contribution in [2.45, 2.75) is 44.2 Å². The second kappa shape index (κ2) is 4.42. The molecule has 100 valence electrons. The van der Waals surface area contributed by atoms with E-state index in [2.05, 4.69) is 10.3 Å². The van der Waals surface area contributed by atoms with E-state index in [1.807, 2.05) is 6.92 Å². The Bertz CT molecular complexity index is 512. The number of hydrogen-bond donors (Lipinski definition) is 1. The SMILES string of the molecule is Cc1ccc(C(=O)OC(=O)C23CCCC(C2)N3)nc1. The molecule has 2 bridgehead atoms. The summed E-state index contributed by atoms with van der Waals surface area (Å²) >= 11 is 0. The summed E-state index contributed by atoms with van der Waals surface area (Å²) in [6.07, 6.45) is 5.21. The molecule has 2 aliphatic heterocycles. The average molecular weight is 260 g/mol. The maximum Gasteiger partial charge on any atom is 0.364 e. The van der Waals surface area contributed by atoms with Gasteiger partial charge in [0.25, 0.3) is 0 Å². The number of carbonyl (C=O) groups excluding carboxylic acids is 2. The third-order valence-corrected chi connectivity index (χ3v) is 3.93. The Balaban J connectivity index is 1.66. The third-order valence-electron chi connectivity index (χ3n) is 3.93. The number of fused-ring (bicyclic) bond motifs is 2. The van der Waals surface area contributed by atoms with Crippen molar-refractivity contribution in [2.24, 2.45) is 0 Å². The first-order valence-electron chi connectivity index (χ1n) is 6.56. The van der Waals surface area contributed by atoms with E-state index in [4.69, 9.17) is 4.74 Å². The second-order valence-electron chi connectivity index (χ2n) is 5.42. The highest BCUT2D eigenvalue weighted by Gasteiger charge is 2.53. The minimum atomic E-state index is -0.671. The van der Waals surface area contributed by atoms with Crippen LogP contribution < -0.4 is 5.32 Å². The number of carbonyl (C=O) groups is 2. The van der Waals surface area contributed by atoms with E-state index >= 15 is 0 Å². The molecule has 4 rings (SSSR count). The van der Waals surface area contributed by atoms with Crippen LogP contribution in [0.5, 0.6) is 0 Å². The van der Waals surface area contributed by atoms with Gasteiger partial charge in [-0.15, -0.1) is 0 Å². The summed E-state index contributed by atoms with van der Waals surface area (Å²) in [7, 11) is 0. The number of aryl methyl sites for hydroxylation is 1. The first kappa shape index (κ1) is 12.3. The molecule has 1 aliphatic carbocycles. The molecule has 19 heavy (non-hydrogen) atoms. The summed E-state index contributed by atoms with van der Waals surface area (Å²) in [5.74, 6) is -1.13. The molecule has 0 aromatic carbocycles. The van der Waals surface area contributed by atoms with Crippen molar-refractivity contribution in [1.82, 2.24) is 10.3 Å². The van der Waals surface area contributed by atoms with Gasteiger partial charge in [-0.1, -0.05) is 6.07 Å². The molecular formula is C14H16N2O3. The molecule has 3 aliphatic rings. The van der Waals surface area contributed by atoms with Gasteiger partial charge >= 0.3 is 11.9 Å². The van der Waals surface area contributed by atoms with Gasteiger partial charge in [0.15, 0.2) is 0 Å². The van der Waals surface area contributed by atoms with E-state index in [0.29, 0.717) is 6.04 Å². The zero-order chi connectivity index (χ0) is 13.5. The van der Waals surface area contributed by atoms with Gasteiger partial charge in [0.05, 0.1) is 0 Å². The lowest BCUT2D eigenvalue weighted by molar-refractivity contribution is -0.153. The van der Waals surface area contributed by atoms with E-state index in [1.54, 1.807) is 18.3 Å². The van der Waals surface area contributed by atoms with Crippen LogP contribution in [-0.4, -0.2) is 28.5 Å². The molecule has 5 heteroatoms. The van der Waals surface area contributed by atoms with Crippen molar-refractivity contribution >= 4 is 11.9 Å². The van der Waals surface area contributed by atoms with E-state index in [0.717, 1.165) is 31.2 Å². The monoisotopic (exact) mass is 260 g/mol. The number of esters is 2. The lowest BCUT2D eigenvalue weighted by atomic mass is 9.71. The molecule has 3 fully saturated rings. The Kier molecular flexibility index (Phi) is 2.86. The lowest BCUT2D eigenvalue weighted by Gasteiger charge is -2.51. The van der Waals surface area contributed by atoms with Gasteiger partial charge in [0, 0.05) is 12.2 Å². The van der Waals surface area contributed by atoms with Gasteiger partial charge in [-0.05, 0) is 44.2 Å². The summed E-state index contributed by atoms with van der Waals surface area (Å²) in [5.41, 5.74) is 0.503. The molecule has 0 radical (unpaired) electrons. The molecule has 5 nitrogen and oxygen atoms in total. The van der Waals surface area contributed by atoms with Crippen LogP contribution in [0, 0.1) is 6.92 Å². The molecule has 3 heterocycles. The molecule has 1 N–H and O–H groups in total. The molecule has 2 unspecified atom stereocenters. The van der Waals surface area contributed by atoms with Crippen LogP contribution in [-0.2, 0) is 9.53 Å². The van der Waals surface area contributed by atoms with Crippen LogP contribution in [0.2, 0.25) is 0 Å². The summed E-state index contributed by atoms with van der Waals surface area (Å²) in [6, 6.07) is 3.75. The maximum atomic E-state index is 12.1. The minimum Gasteiger partial charge on any atom is -0.387 e. The molecule has 1 aromatic rings. The summed E-state index contributed by atoms with van der Waals surface area (Å²) in [6.45, 7) is 1.88. The Labute approximate surface area is 111 Å². The highest BCUT2D eigenvalue weighted by Crippen LogP contribution is 2.39. The van der Waals surface area contributed by atoms with Crippen molar-refractivity contribution in [1.29, 1.82) is 0 Å². The second-order valence-corrected chi connectivity index (χ2v) is 5.42. The van der Waals surface area contributed by atoms with Crippen molar-refractivity contribution in [3.8, 4) is 0 Å². The highest BCUT2D eigenvalue weighted by molar-refractivity contribution is 5.98. The number of pyridine rings is 1. The fourth-order valence-corrected chi connectivity index (χ4v) is 2.86. The number of piperidine rings is 1. The zero-order valence-electron chi connectivity index (χ0n) is 10.8. The van der Waals surface area contributed by atoms with Gasteiger partial charge in [-0.2, -0.15) is 0 Å². The van der Waals surface area contributed by atoms with E-state index in [-0.39, 0.29) is 5.69 Å². The molecule has 1 saturated carbocycles. The molecule has 1 aromatic heterocycles. The topological polar surface area (TPSA) is 68.3 Å². The molecule has 2 saturated heterocycles. The third kappa shape index (κ3) is 2.14. The van der Waals surface area contributed by atoms with Crippen molar-refractivity contribution in [3.63, 3.8) is 0 Å². The first-order chi connectivity index (χ1) is 9.09.